The first-order valence-corrected chi connectivity index (χ1v) is 19.3. The van der Waals surface area contributed by atoms with Gasteiger partial charge in [-0.1, -0.05) is 152 Å². The maximum absolute atomic E-state index is 13.6. The van der Waals surface area contributed by atoms with E-state index in [4.69, 9.17) is 15.0 Å². The molecule has 282 valence electrons. The van der Waals surface area contributed by atoms with Crippen LogP contribution in [0.2, 0.25) is 0 Å². The predicted molar refractivity (Wildman–Crippen MR) is 232 cm³/mol. The van der Waals surface area contributed by atoms with Crippen LogP contribution in [0.4, 0.5) is 13.2 Å². The lowest BCUT2D eigenvalue weighted by atomic mass is 9.99. The Morgan fingerprint density at radius 3 is 1.17 bits per heavy atom. The third-order valence-electron chi connectivity index (χ3n) is 10.7. The first-order chi connectivity index (χ1) is 28.9. The van der Waals surface area contributed by atoms with Crippen LogP contribution in [0.15, 0.2) is 200 Å². The molecule has 0 radical (unpaired) electrons. The highest BCUT2D eigenvalue weighted by atomic mass is 19.4. The number of nitrogens with zero attached hydrogens (tertiary/aromatic N) is 4. The molecule has 0 spiro atoms. The van der Waals surface area contributed by atoms with Crippen molar-refractivity contribution < 1.29 is 13.2 Å². The van der Waals surface area contributed by atoms with Gasteiger partial charge in [-0.3, -0.25) is 0 Å². The van der Waals surface area contributed by atoms with E-state index in [1.165, 1.54) is 12.1 Å². The zero-order valence-corrected chi connectivity index (χ0v) is 31.5. The van der Waals surface area contributed by atoms with Gasteiger partial charge in [0.2, 0.25) is 0 Å². The Bertz CT molecular complexity index is 2950. The molecular weight excluding hydrogens is 738 g/mol. The van der Waals surface area contributed by atoms with Gasteiger partial charge in [0.25, 0.3) is 0 Å². The number of benzene rings is 8. The second-order valence-corrected chi connectivity index (χ2v) is 14.4. The highest BCUT2D eigenvalue weighted by Crippen LogP contribution is 2.41. The Balaban J connectivity index is 1.26. The highest BCUT2D eigenvalue weighted by Gasteiger charge is 2.30. The summed E-state index contributed by atoms with van der Waals surface area (Å²) in [7, 11) is 0. The lowest BCUT2D eigenvalue weighted by Crippen LogP contribution is -2.05. The summed E-state index contributed by atoms with van der Waals surface area (Å²) >= 11 is 0. The normalized spacial score (nSPS) is 11.6. The van der Waals surface area contributed by atoms with Crippen molar-refractivity contribution in [2.75, 3.05) is 0 Å². The van der Waals surface area contributed by atoms with Crippen molar-refractivity contribution in [3.05, 3.63) is 206 Å². The van der Waals surface area contributed by atoms with Gasteiger partial charge in [-0.15, -0.1) is 0 Å². The first kappa shape index (κ1) is 35.8. The van der Waals surface area contributed by atoms with Gasteiger partial charge in [0.1, 0.15) is 0 Å². The molecule has 0 aliphatic carbocycles. The van der Waals surface area contributed by atoms with Gasteiger partial charge in [0, 0.05) is 27.5 Å². The topological polar surface area (TPSA) is 43.6 Å². The van der Waals surface area contributed by atoms with Gasteiger partial charge >= 0.3 is 6.18 Å². The molecule has 0 amide bonds. The summed E-state index contributed by atoms with van der Waals surface area (Å²) in [4.78, 5) is 15.2. The average Bonchev–Trinajstić information content (AvgIpc) is 3.62. The summed E-state index contributed by atoms with van der Waals surface area (Å²) in [5.41, 5.74) is 10.2. The van der Waals surface area contributed by atoms with Crippen LogP contribution < -0.4 is 0 Å². The Morgan fingerprint density at radius 2 is 0.712 bits per heavy atom. The standard InChI is InChI=1S/C52H33F3N4/c53-52(54,55)42-26-21-36(22-27-42)41-25-30-48(45(33-41)51-57-49(37-17-9-3-10-18-37)56-50(58-51)38-19-11-4-12-20-38)59-46-28-23-39(34-13-5-1-6-14-34)31-43(46)44-32-40(24-29-47(44)59)35-15-7-2-8-16-35/h1-33H. The van der Waals surface area contributed by atoms with Crippen LogP contribution in [0.3, 0.4) is 0 Å². The third kappa shape index (κ3) is 6.83. The molecule has 0 bridgehead atoms. The molecule has 0 saturated carbocycles. The summed E-state index contributed by atoms with van der Waals surface area (Å²) in [5.74, 6) is 1.43. The summed E-state index contributed by atoms with van der Waals surface area (Å²) < 4.78 is 43.2. The van der Waals surface area contributed by atoms with Gasteiger partial charge in [-0.2, -0.15) is 13.2 Å². The van der Waals surface area contributed by atoms with E-state index in [-0.39, 0.29) is 0 Å². The molecule has 4 nitrogen and oxygen atoms in total. The Morgan fingerprint density at radius 1 is 0.339 bits per heavy atom. The van der Waals surface area contributed by atoms with E-state index in [2.05, 4.69) is 65.2 Å². The van der Waals surface area contributed by atoms with Crippen LogP contribution >= 0.6 is 0 Å². The molecule has 2 aromatic heterocycles. The van der Waals surface area contributed by atoms with Crippen LogP contribution in [0.1, 0.15) is 5.56 Å². The molecule has 0 fully saturated rings. The fourth-order valence-electron chi connectivity index (χ4n) is 7.77. The van der Waals surface area contributed by atoms with E-state index in [0.717, 1.165) is 78.6 Å². The van der Waals surface area contributed by atoms with E-state index in [1.807, 2.05) is 115 Å². The van der Waals surface area contributed by atoms with Crippen molar-refractivity contribution in [3.8, 4) is 73.2 Å². The van der Waals surface area contributed by atoms with E-state index in [9.17, 15) is 13.2 Å². The molecular formula is C52H33F3N4. The average molecular weight is 771 g/mol. The number of aromatic nitrogens is 4. The maximum Gasteiger partial charge on any atom is 0.416 e. The highest BCUT2D eigenvalue weighted by molar-refractivity contribution is 6.12. The quantitative estimate of drug-likeness (QED) is 0.162. The second-order valence-electron chi connectivity index (χ2n) is 14.4. The summed E-state index contributed by atoms with van der Waals surface area (Å²) in [6, 6.07) is 64.5. The second kappa shape index (κ2) is 14.7. The van der Waals surface area contributed by atoms with Crippen molar-refractivity contribution in [2.45, 2.75) is 6.18 Å². The SMILES string of the molecule is FC(F)(F)c1ccc(-c2ccc(-n3c4ccc(-c5ccccc5)cc4c4cc(-c5ccccc5)ccc43)c(-c3nc(-c4ccccc4)nc(-c4ccccc4)n3)c2)cc1. The minimum Gasteiger partial charge on any atom is -0.308 e. The van der Waals surface area contributed by atoms with Gasteiger partial charge in [0.05, 0.1) is 22.3 Å². The van der Waals surface area contributed by atoms with Crippen LogP contribution in [0, 0.1) is 0 Å². The fourth-order valence-corrected chi connectivity index (χ4v) is 7.77. The molecule has 2 heterocycles. The van der Waals surface area contributed by atoms with Gasteiger partial charge < -0.3 is 4.57 Å². The molecule has 8 aromatic carbocycles. The number of rotatable bonds is 7. The van der Waals surface area contributed by atoms with Crippen LogP contribution in [-0.2, 0) is 6.18 Å². The minimum atomic E-state index is -4.45. The van der Waals surface area contributed by atoms with Crippen LogP contribution in [0.25, 0.3) is 95.0 Å². The predicted octanol–water partition coefficient (Wildman–Crippen LogP) is 14.0. The Labute approximate surface area is 338 Å². The van der Waals surface area contributed by atoms with E-state index >= 15 is 0 Å². The molecule has 0 saturated heterocycles. The van der Waals surface area contributed by atoms with Crippen molar-refractivity contribution in [1.82, 2.24) is 19.5 Å². The van der Waals surface area contributed by atoms with Crippen LogP contribution in [-0.4, -0.2) is 19.5 Å². The van der Waals surface area contributed by atoms with Crippen molar-refractivity contribution >= 4 is 21.8 Å². The van der Waals surface area contributed by atoms with Gasteiger partial charge in [-0.25, -0.2) is 15.0 Å². The molecule has 10 rings (SSSR count). The molecule has 7 heteroatoms. The van der Waals surface area contributed by atoms with Gasteiger partial charge in [0.15, 0.2) is 17.5 Å². The zero-order chi connectivity index (χ0) is 39.9. The number of hydrogen-bond acceptors (Lipinski definition) is 3. The van der Waals surface area contributed by atoms with E-state index in [0.29, 0.717) is 28.6 Å². The lowest BCUT2D eigenvalue weighted by molar-refractivity contribution is -0.137. The first-order valence-electron chi connectivity index (χ1n) is 19.3. The number of fused-ring (bicyclic) bond motifs is 3. The zero-order valence-electron chi connectivity index (χ0n) is 31.5. The molecule has 10 aromatic rings. The third-order valence-corrected chi connectivity index (χ3v) is 10.7. The van der Waals surface area contributed by atoms with E-state index < -0.39 is 11.7 Å². The molecule has 0 unspecified atom stereocenters. The maximum atomic E-state index is 13.6. The smallest absolute Gasteiger partial charge is 0.308 e. The Hall–Kier alpha value is -7.64. The number of alkyl halides is 3. The fraction of sp³-hybridized carbons (Fsp3) is 0.0192. The number of hydrogen-bond donors (Lipinski definition) is 0. The number of halogens is 3. The monoisotopic (exact) mass is 770 g/mol. The molecule has 0 aliphatic rings. The molecule has 0 atom stereocenters. The summed E-state index contributed by atoms with van der Waals surface area (Å²) in [5, 5.41) is 2.14. The lowest BCUT2D eigenvalue weighted by Gasteiger charge is -2.17. The molecule has 0 aliphatic heterocycles. The summed E-state index contributed by atoms with van der Waals surface area (Å²) in [6.45, 7) is 0. The van der Waals surface area contributed by atoms with Crippen molar-refractivity contribution in [2.24, 2.45) is 0 Å². The summed E-state index contributed by atoms with van der Waals surface area (Å²) in [6.07, 6.45) is -4.45. The largest absolute Gasteiger partial charge is 0.416 e. The van der Waals surface area contributed by atoms with Crippen molar-refractivity contribution in [1.29, 1.82) is 0 Å². The Kier molecular flexibility index (Phi) is 8.91. The van der Waals surface area contributed by atoms with Crippen LogP contribution in [0.5, 0.6) is 0 Å². The van der Waals surface area contributed by atoms with E-state index in [1.54, 1.807) is 0 Å². The molecule has 59 heavy (non-hydrogen) atoms. The minimum absolute atomic E-state index is 0.429. The van der Waals surface area contributed by atoms with Crippen molar-refractivity contribution in [3.63, 3.8) is 0 Å². The van der Waals surface area contributed by atoms with Gasteiger partial charge in [-0.05, 0) is 81.9 Å². The molecule has 0 N–H and O–H groups in total.